The Bertz CT molecular complexity index is 156. The summed E-state index contributed by atoms with van der Waals surface area (Å²) in [7, 11) is 0. The van der Waals surface area contributed by atoms with Gasteiger partial charge in [-0.2, -0.15) is 0 Å². The van der Waals surface area contributed by atoms with Gasteiger partial charge in [0.15, 0.2) is 0 Å². The summed E-state index contributed by atoms with van der Waals surface area (Å²) < 4.78 is 4.54. The van der Waals surface area contributed by atoms with Crippen LogP contribution in [-0.4, -0.2) is 23.8 Å². The topological polar surface area (TPSA) is 46.5 Å². The van der Waals surface area contributed by atoms with E-state index in [1.54, 1.807) is 6.92 Å². The number of halogens is 1. The summed E-state index contributed by atoms with van der Waals surface area (Å²) in [5.41, 5.74) is 0. The summed E-state index contributed by atoms with van der Waals surface area (Å²) in [6, 6.07) is 0. The predicted octanol–water partition coefficient (Wildman–Crippen LogP) is 1.05. The summed E-state index contributed by atoms with van der Waals surface area (Å²) in [6.45, 7) is 4.93. The minimum atomic E-state index is -0.681. The molecule has 64 valence electrons. The highest BCUT2D eigenvalue weighted by Gasteiger charge is 2.07. The molecule has 0 saturated carbocycles. The van der Waals surface area contributed by atoms with Gasteiger partial charge in [-0.1, -0.05) is 25.1 Å². The van der Waals surface area contributed by atoms with Gasteiger partial charge in [0.2, 0.25) is 0 Å². The van der Waals surface area contributed by atoms with Crippen LogP contribution in [0.2, 0.25) is 0 Å². The van der Waals surface area contributed by atoms with Crippen molar-refractivity contribution in [2.45, 2.75) is 19.4 Å². The molecule has 11 heavy (non-hydrogen) atoms. The number of rotatable bonds is 4. The molecule has 0 spiro atoms. The van der Waals surface area contributed by atoms with Crippen molar-refractivity contribution in [2.24, 2.45) is 0 Å². The first-order valence-electron chi connectivity index (χ1n) is 3.27. The third kappa shape index (κ3) is 4.81. The summed E-state index contributed by atoms with van der Waals surface area (Å²) >= 11 is 5.20. The third-order valence-electron chi connectivity index (χ3n) is 1.10. The fourth-order valence-electron chi connectivity index (χ4n) is 0.368. The number of carbonyl (C=O) groups excluding carboxylic acids is 1. The zero-order chi connectivity index (χ0) is 8.85. The Kier molecular flexibility index (Phi) is 4.90. The molecule has 0 rings (SSSR count). The largest absolute Gasteiger partial charge is 0.459 e. The minimum absolute atomic E-state index is 0.0267. The number of hydrogen-bond donors (Lipinski definition) is 1. The SMILES string of the molecule is C=C(Cl)C(=O)OCC(O)CC. The molecule has 4 heteroatoms. The van der Waals surface area contributed by atoms with Crippen LogP contribution < -0.4 is 0 Å². The number of aliphatic hydroxyl groups excluding tert-OH is 1. The highest BCUT2D eigenvalue weighted by Crippen LogP contribution is 2.00. The van der Waals surface area contributed by atoms with E-state index < -0.39 is 12.1 Å². The van der Waals surface area contributed by atoms with Crippen LogP contribution in [0.25, 0.3) is 0 Å². The van der Waals surface area contributed by atoms with E-state index in [2.05, 4.69) is 11.3 Å². The second-order valence-electron chi connectivity index (χ2n) is 2.07. The van der Waals surface area contributed by atoms with Crippen LogP contribution >= 0.6 is 11.6 Å². The molecule has 0 aliphatic heterocycles. The van der Waals surface area contributed by atoms with Crippen molar-refractivity contribution in [3.63, 3.8) is 0 Å². The van der Waals surface area contributed by atoms with Crippen LogP contribution in [0.4, 0.5) is 0 Å². The molecule has 0 aromatic heterocycles. The Morgan fingerprint density at radius 2 is 2.36 bits per heavy atom. The van der Waals surface area contributed by atoms with Gasteiger partial charge in [-0.05, 0) is 6.42 Å². The number of ether oxygens (including phenoxy) is 1. The van der Waals surface area contributed by atoms with Crippen LogP contribution in [0.3, 0.4) is 0 Å². The van der Waals surface area contributed by atoms with E-state index in [0.717, 1.165) is 0 Å². The van der Waals surface area contributed by atoms with Crippen LogP contribution in [-0.2, 0) is 9.53 Å². The van der Waals surface area contributed by atoms with Gasteiger partial charge in [0.05, 0.1) is 6.10 Å². The quantitative estimate of drug-likeness (QED) is 0.517. The van der Waals surface area contributed by atoms with Gasteiger partial charge >= 0.3 is 5.97 Å². The fraction of sp³-hybridized carbons (Fsp3) is 0.571. The molecule has 1 atom stereocenters. The van der Waals surface area contributed by atoms with Crippen LogP contribution in [0.1, 0.15) is 13.3 Å². The number of esters is 1. The van der Waals surface area contributed by atoms with Crippen LogP contribution in [0, 0.1) is 0 Å². The average molecular weight is 179 g/mol. The summed E-state index contributed by atoms with van der Waals surface area (Å²) in [4.78, 5) is 10.6. The molecule has 1 N–H and O–H groups in total. The molecule has 0 amide bonds. The van der Waals surface area contributed by atoms with Gasteiger partial charge in [0.1, 0.15) is 11.6 Å². The second-order valence-corrected chi connectivity index (χ2v) is 2.52. The van der Waals surface area contributed by atoms with Gasteiger partial charge < -0.3 is 9.84 Å². The monoisotopic (exact) mass is 178 g/mol. The van der Waals surface area contributed by atoms with Crippen LogP contribution in [0.15, 0.2) is 11.6 Å². The van der Waals surface area contributed by atoms with Gasteiger partial charge in [0.25, 0.3) is 0 Å². The third-order valence-corrected chi connectivity index (χ3v) is 1.25. The maximum Gasteiger partial charge on any atom is 0.349 e. The van der Waals surface area contributed by atoms with Gasteiger partial charge in [-0.15, -0.1) is 0 Å². The molecular formula is C7H11ClO3. The standard InChI is InChI=1S/C7H11ClO3/c1-3-6(9)4-11-7(10)5(2)8/h6,9H,2-4H2,1H3. The van der Waals surface area contributed by atoms with Crippen LogP contribution in [0.5, 0.6) is 0 Å². The molecule has 0 aromatic carbocycles. The molecule has 1 unspecified atom stereocenters. The summed E-state index contributed by atoms with van der Waals surface area (Å²) in [5, 5.41) is 8.77. The zero-order valence-corrected chi connectivity index (χ0v) is 7.10. The Morgan fingerprint density at radius 3 is 2.73 bits per heavy atom. The van der Waals surface area contributed by atoms with E-state index in [0.29, 0.717) is 6.42 Å². The first-order chi connectivity index (χ1) is 5.07. The Balaban J connectivity index is 3.54. The van der Waals surface area contributed by atoms with Crippen molar-refractivity contribution >= 4 is 17.6 Å². The van der Waals surface area contributed by atoms with Gasteiger partial charge in [0, 0.05) is 0 Å². The van der Waals surface area contributed by atoms with E-state index in [4.69, 9.17) is 16.7 Å². The minimum Gasteiger partial charge on any atom is -0.459 e. The molecular weight excluding hydrogens is 168 g/mol. The average Bonchev–Trinajstić information content (AvgIpc) is 1.99. The first-order valence-corrected chi connectivity index (χ1v) is 3.65. The lowest BCUT2D eigenvalue weighted by molar-refractivity contribution is -0.141. The van der Waals surface area contributed by atoms with E-state index >= 15 is 0 Å². The lowest BCUT2D eigenvalue weighted by Gasteiger charge is -2.07. The van der Waals surface area contributed by atoms with E-state index in [1.807, 2.05) is 0 Å². The van der Waals surface area contributed by atoms with Crippen molar-refractivity contribution in [1.82, 2.24) is 0 Å². The van der Waals surface area contributed by atoms with E-state index in [1.165, 1.54) is 0 Å². The predicted molar refractivity (Wildman–Crippen MR) is 42.2 cm³/mol. The van der Waals surface area contributed by atoms with E-state index in [-0.39, 0.29) is 11.6 Å². The fourth-order valence-corrected chi connectivity index (χ4v) is 0.423. The first kappa shape index (κ1) is 10.5. The molecule has 0 aliphatic rings. The van der Waals surface area contributed by atoms with E-state index in [9.17, 15) is 4.79 Å². The highest BCUT2D eigenvalue weighted by atomic mass is 35.5. The number of hydrogen-bond acceptors (Lipinski definition) is 3. The smallest absolute Gasteiger partial charge is 0.349 e. The second kappa shape index (κ2) is 5.16. The summed E-state index contributed by atoms with van der Waals surface area (Å²) in [6.07, 6.45) is -0.0721. The number of aliphatic hydroxyl groups is 1. The molecule has 0 fully saturated rings. The maximum absolute atomic E-state index is 10.6. The zero-order valence-electron chi connectivity index (χ0n) is 6.34. The molecule has 0 bridgehead atoms. The summed E-state index contributed by atoms with van der Waals surface area (Å²) in [5.74, 6) is -0.681. The molecule has 0 saturated heterocycles. The Hall–Kier alpha value is -0.540. The maximum atomic E-state index is 10.6. The van der Waals surface area contributed by atoms with Crippen molar-refractivity contribution in [2.75, 3.05) is 6.61 Å². The van der Waals surface area contributed by atoms with Crippen molar-refractivity contribution in [3.05, 3.63) is 11.6 Å². The lowest BCUT2D eigenvalue weighted by Crippen LogP contribution is -2.17. The number of carbonyl (C=O) groups is 1. The van der Waals surface area contributed by atoms with Gasteiger partial charge in [-0.25, -0.2) is 4.79 Å². The van der Waals surface area contributed by atoms with Crippen molar-refractivity contribution < 1.29 is 14.6 Å². The Labute approximate surface area is 70.6 Å². The molecule has 0 aliphatic carbocycles. The van der Waals surface area contributed by atoms with Crippen molar-refractivity contribution in [3.8, 4) is 0 Å². The molecule has 0 heterocycles. The lowest BCUT2D eigenvalue weighted by atomic mass is 10.3. The normalized spacial score (nSPS) is 12.3. The highest BCUT2D eigenvalue weighted by molar-refractivity contribution is 6.40. The Morgan fingerprint density at radius 1 is 1.82 bits per heavy atom. The van der Waals surface area contributed by atoms with Crippen molar-refractivity contribution in [1.29, 1.82) is 0 Å². The molecule has 3 nitrogen and oxygen atoms in total. The van der Waals surface area contributed by atoms with Gasteiger partial charge in [-0.3, -0.25) is 0 Å². The molecule has 0 radical (unpaired) electrons. The molecule has 0 aromatic rings.